The lowest BCUT2D eigenvalue weighted by atomic mass is 9.99. The molecule has 2 N–H and O–H groups in total. The van der Waals surface area contributed by atoms with Gasteiger partial charge in [-0.15, -0.1) is 0 Å². The van der Waals surface area contributed by atoms with E-state index in [4.69, 9.17) is 0 Å². The van der Waals surface area contributed by atoms with Gasteiger partial charge in [0.1, 0.15) is 6.04 Å². The van der Waals surface area contributed by atoms with Gasteiger partial charge in [-0.05, 0) is 46.0 Å². The SMILES string of the molecule is CCCN(C(=O)N[C@@H](Cc1cccc2ccccc12)C(=O)O)C(=O)c1cccc(-c2ccccc2)c1. The predicted octanol–water partition coefficient (Wildman–Crippen LogP) is 5.76. The second-order valence-corrected chi connectivity index (χ2v) is 8.59. The van der Waals surface area contributed by atoms with Gasteiger partial charge >= 0.3 is 12.0 Å². The molecule has 0 bridgehead atoms. The van der Waals surface area contributed by atoms with E-state index in [1.54, 1.807) is 18.2 Å². The van der Waals surface area contributed by atoms with Crippen molar-refractivity contribution in [2.75, 3.05) is 6.54 Å². The van der Waals surface area contributed by atoms with Gasteiger partial charge in [0.15, 0.2) is 0 Å². The van der Waals surface area contributed by atoms with Crippen molar-refractivity contribution in [3.63, 3.8) is 0 Å². The van der Waals surface area contributed by atoms with Crippen molar-refractivity contribution in [2.45, 2.75) is 25.8 Å². The van der Waals surface area contributed by atoms with Crippen LogP contribution in [0.15, 0.2) is 97.1 Å². The van der Waals surface area contributed by atoms with Crippen LogP contribution in [0, 0.1) is 0 Å². The molecule has 0 aliphatic heterocycles. The molecule has 0 spiro atoms. The van der Waals surface area contributed by atoms with Gasteiger partial charge in [-0.25, -0.2) is 9.59 Å². The number of carboxylic acids is 1. The van der Waals surface area contributed by atoms with Crippen molar-refractivity contribution in [3.8, 4) is 11.1 Å². The molecule has 0 aliphatic rings. The maximum atomic E-state index is 13.4. The largest absolute Gasteiger partial charge is 0.480 e. The van der Waals surface area contributed by atoms with E-state index in [9.17, 15) is 19.5 Å². The van der Waals surface area contributed by atoms with Crippen molar-refractivity contribution < 1.29 is 19.5 Å². The van der Waals surface area contributed by atoms with Gasteiger partial charge in [-0.3, -0.25) is 9.69 Å². The van der Waals surface area contributed by atoms with Gasteiger partial charge in [0, 0.05) is 18.5 Å². The molecule has 0 fully saturated rings. The minimum atomic E-state index is -1.19. The monoisotopic (exact) mass is 480 g/mol. The Balaban J connectivity index is 1.56. The summed E-state index contributed by atoms with van der Waals surface area (Å²) in [6.07, 6.45) is 0.638. The Bertz CT molecular complexity index is 1380. The first-order valence-electron chi connectivity index (χ1n) is 11.9. The number of carbonyl (C=O) groups excluding carboxylic acids is 2. The minimum absolute atomic E-state index is 0.0973. The fourth-order valence-electron chi connectivity index (χ4n) is 4.25. The lowest BCUT2D eigenvalue weighted by Gasteiger charge is -2.24. The first kappa shape index (κ1) is 24.7. The summed E-state index contributed by atoms with van der Waals surface area (Å²) in [5.74, 6) is -1.63. The summed E-state index contributed by atoms with van der Waals surface area (Å²) < 4.78 is 0. The number of hydrogen-bond acceptors (Lipinski definition) is 3. The summed E-state index contributed by atoms with van der Waals surface area (Å²) in [5, 5.41) is 14.4. The number of nitrogens with zero attached hydrogens (tertiary/aromatic N) is 1. The molecule has 6 nitrogen and oxygen atoms in total. The molecule has 1 atom stereocenters. The van der Waals surface area contributed by atoms with Gasteiger partial charge in [0.25, 0.3) is 5.91 Å². The third-order valence-electron chi connectivity index (χ3n) is 6.05. The van der Waals surface area contributed by atoms with Gasteiger partial charge in [0.05, 0.1) is 0 Å². The number of benzene rings is 4. The molecule has 0 heterocycles. The standard InChI is InChI=1S/C30H28N2O4/c1-2-18-32(28(33)25-16-9-14-23(19-25)21-10-4-3-5-11-21)30(36)31-27(29(34)35)20-24-15-8-13-22-12-6-7-17-26(22)24/h3-17,19,27H,2,18,20H2,1H3,(H,31,36)(H,34,35)/t27-/m0/s1. The van der Waals surface area contributed by atoms with Crippen LogP contribution in [0.1, 0.15) is 29.3 Å². The van der Waals surface area contributed by atoms with E-state index in [2.05, 4.69) is 5.32 Å². The summed E-state index contributed by atoms with van der Waals surface area (Å²) in [4.78, 5) is 39.7. The van der Waals surface area contributed by atoms with Crippen LogP contribution >= 0.6 is 0 Å². The Morgan fingerprint density at radius 1 is 0.833 bits per heavy atom. The molecule has 4 rings (SSSR count). The van der Waals surface area contributed by atoms with E-state index in [1.165, 1.54) is 0 Å². The van der Waals surface area contributed by atoms with Crippen LogP contribution in [0.4, 0.5) is 4.79 Å². The lowest BCUT2D eigenvalue weighted by molar-refractivity contribution is -0.139. The van der Waals surface area contributed by atoms with E-state index in [0.717, 1.165) is 32.4 Å². The fraction of sp³-hybridized carbons (Fsp3) is 0.167. The Morgan fingerprint density at radius 3 is 2.25 bits per heavy atom. The van der Waals surface area contributed by atoms with E-state index < -0.39 is 23.9 Å². The molecule has 182 valence electrons. The number of carbonyl (C=O) groups is 3. The van der Waals surface area contributed by atoms with Crippen LogP contribution in [0.3, 0.4) is 0 Å². The maximum Gasteiger partial charge on any atom is 0.326 e. The number of fused-ring (bicyclic) bond motifs is 1. The van der Waals surface area contributed by atoms with Crippen LogP contribution in [0.2, 0.25) is 0 Å². The lowest BCUT2D eigenvalue weighted by Crippen LogP contribution is -2.51. The van der Waals surface area contributed by atoms with Gasteiger partial charge in [-0.2, -0.15) is 0 Å². The average molecular weight is 481 g/mol. The second kappa shape index (κ2) is 11.3. The summed E-state index contributed by atoms with van der Waals surface area (Å²) >= 11 is 0. The smallest absolute Gasteiger partial charge is 0.326 e. The summed E-state index contributed by atoms with van der Waals surface area (Å²) in [6.45, 7) is 2.03. The Morgan fingerprint density at radius 2 is 1.50 bits per heavy atom. The average Bonchev–Trinajstić information content (AvgIpc) is 2.91. The highest BCUT2D eigenvalue weighted by Gasteiger charge is 2.28. The van der Waals surface area contributed by atoms with Crippen LogP contribution < -0.4 is 5.32 Å². The topological polar surface area (TPSA) is 86.7 Å². The zero-order valence-corrected chi connectivity index (χ0v) is 20.1. The summed E-state index contributed by atoms with van der Waals surface area (Å²) in [5.41, 5.74) is 2.99. The van der Waals surface area contributed by atoms with E-state index >= 15 is 0 Å². The molecule has 0 saturated heterocycles. The number of aliphatic carboxylic acids is 1. The molecular weight excluding hydrogens is 452 g/mol. The molecule has 3 amide bonds. The highest BCUT2D eigenvalue weighted by Crippen LogP contribution is 2.22. The minimum Gasteiger partial charge on any atom is -0.480 e. The molecule has 4 aromatic rings. The molecule has 0 saturated carbocycles. The number of carboxylic acid groups (broad SMARTS) is 1. The van der Waals surface area contributed by atoms with Crippen molar-refractivity contribution >= 4 is 28.7 Å². The maximum absolute atomic E-state index is 13.4. The van der Waals surface area contributed by atoms with Crippen molar-refractivity contribution in [2.24, 2.45) is 0 Å². The third kappa shape index (κ3) is 5.61. The van der Waals surface area contributed by atoms with Crippen LogP contribution in [0.25, 0.3) is 21.9 Å². The normalized spacial score (nSPS) is 11.6. The second-order valence-electron chi connectivity index (χ2n) is 8.59. The molecule has 4 aromatic carbocycles. The first-order valence-corrected chi connectivity index (χ1v) is 11.9. The number of hydrogen-bond donors (Lipinski definition) is 2. The molecule has 36 heavy (non-hydrogen) atoms. The first-order chi connectivity index (χ1) is 17.5. The zero-order valence-electron chi connectivity index (χ0n) is 20.1. The molecule has 0 unspecified atom stereocenters. The van der Waals surface area contributed by atoms with E-state index in [1.807, 2.05) is 85.8 Å². The van der Waals surface area contributed by atoms with Crippen molar-refractivity contribution in [3.05, 3.63) is 108 Å². The Kier molecular flexibility index (Phi) is 7.75. The number of urea groups is 1. The van der Waals surface area contributed by atoms with Gasteiger partial charge in [-0.1, -0.05) is 91.9 Å². The molecule has 6 heteroatoms. The molecule has 0 aromatic heterocycles. The summed E-state index contributed by atoms with van der Waals surface area (Å²) in [6, 6.07) is 28.2. The van der Waals surface area contributed by atoms with Gasteiger partial charge in [0.2, 0.25) is 0 Å². The quantitative estimate of drug-likeness (QED) is 0.335. The number of amides is 3. The zero-order chi connectivity index (χ0) is 25.5. The summed E-state index contributed by atoms with van der Waals surface area (Å²) in [7, 11) is 0. The number of imide groups is 1. The van der Waals surface area contributed by atoms with Crippen LogP contribution in [-0.4, -0.2) is 40.5 Å². The third-order valence-corrected chi connectivity index (χ3v) is 6.05. The van der Waals surface area contributed by atoms with Gasteiger partial charge < -0.3 is 10.4 Å². The van der Waals surface area contributed by atoms with E-state index in [0.29, 0.717) is 12.0 Å². The van der Waals surface area contributed by atoms with Crippen LogP contribution in [-0.2, 0) is 11.2 Å². The molecule has 0 aliphatic carbocycles. The highest BCUT2D eigenvalue weighted by atomic mass is 16.4. The van der Waals surface area contributed by atoms with Crippen LogP contribution in [0.5, 0.6) is 0 Å². The Labute approximate surface area is 210 Å². The molecule has 0 radical (unpaired) electrons. The number of nitrogens with one attached hydrogen (secondary N) is 1. The molecular formula is C30H28N2O4. The fourth-order valence-corrected chi connectivity index (χ4v) is 4.25. The highest BCUT2D eigenvalue weighted by molar-refractivity contribution is 6.05. The predicted molar refractivity (Wildman–Crippen MR) is 141 cm³/mol. The number of rotatable bonds is 8. The van der Waals surface area contributed by atoms with E-state index in [-0.39, 0.29) is 13.0 Å². The van der Waals surface area contributed by atoms with Crippen molar-refractivity contribution in [1.29, 1.82) is 0 Å². The Hall–Kier alpha value is -4.45. The van der Waals surface area contributed by atoms with Crippen molar-refractivity contribution in [1.82, 2.24) is 10.2 Å².